The van der Waals surface area contributed by atoms with Crippen LogP contribution in [0, 0.1) is 0 Å². The molecule has 1 atom stereocenters. The molecule has 1 aromatic rings. The first-order valence-corrected chi connectivity index (χ1v) is 19.5. The highest BCUT2D eigenvalue weighted by Gasteiger charge is 2.19. The molecule has 1 rings (SSSR count). The van der Waals surface area contributed by atoms with E-state index < -0.39 is 12.1 Å². The van der Waals surface area contributed by atoms with Crippen molar-refractivity contribution >= 4 is 17.9 Å². The van der Waals surface area contributed by atoms with Crippen molar-refractivity contribution < 1.29 is 33.7 Å². The summed E-state index contributed by atoms with van der Waals surface area (Å²) in [6, 6.07) is 0. The molecular weight excluding hydrogens is 610 g/mol. The predicted molar refractivity (Wildman–Crippen MR) is 189 cm³/mol. The van der Waals surface area contributed by atoms with Gasteiger partial charge < -0.3 is 19.3 Å². The van der Waals surface area contributed by atoms with E-state index in [1.807, 2.05) is 0 Å². The van der Waals surface area contributed by atoms with Gasteiger partial charge in [-0.05, 0) is 12.8 Å². The van der Waals surface area contributed by atoms with Gasteiger partial charge >= 0.3 is 17.9 Å². The zero-order chi connectivity index (χ0) is 34.9. The molecule has 1 N–H and O–H groups in total. The molecule has 0 fully saturated rings. The second kappa shape index (κ2) is 31.8. The van der Waals surface area contributed by atoms with Gasteiger partial charge in [0.1, 0.15) is 13.2 Å². The number of aliphatic hydroxyl groups excluding tert-OH is 1. The van der Waals surface area contributed by atoms with Crippen molar-refractivity contribution in [1.29, 1.82) is 0 Å². The summed E-state index contributed by atoms with van der Waals surface area (Å²) in [5.41, 5.74) is 0.593. The molecule has 0 amide bonds. The number of nitrogens with zero attached hydrogens (tertiary/aromatic N) is 3. The zero-order valence-corrected chi connectivity index (χ0v) is 30.6. The standard InChI is InChI=1S/C38H69N3O7/c1-3-5-7-9-11-13-15-17-19-21-23-25-36(43)47-33-35(32-41-31-34(39-40-41)27-28-37(44)46-30-29-42)48-38(45)26-24-22-20-18-16-14-12-10-8-6-4-2/h31,35,42H,3-30,32-33H2,1-2H3. The maximum atomic E-state index is 12.7. The molecule has 1 aromatic heterocycles. The summed E-state index contributed by atoms with van der Waals surface area (Å²) in [4.78, 5) is 37.0. The average Bonchev–Trinajstić information content (AvgIpc) is 3.53. The molecule has 0 aliphatic carbocycles. The fourth-order valence-corrected chi connectivity index (χ4v) is 5.71. The monoisotopic (exact) mass is 680 g/mol. The lowest BCUT2D eigenvalue weighted by molar-refractivity contribution is -0.160. The van der Waals surface area contributed by atoms with Gasteiger partial charge in [0.2, 0.25) is 0 Å². The first kappa shape index (κ1) is 43.5. The third kappa shape index (κ3) is 26.5. The molecule has 48 heavy (non-hydrogen) atoms. The minimum atomic E-state index is -0.685. The number of rotatable bonds is 34. The van der Waals surface area contributed by atoms with Gasteiger partial charge in [-0.3, -0.25) is 14.4 Å². The summed E-state index contributed by atoms with van der Waals surface area (Å²) in [5.74, 6) is -1.00. The summed E-state index contributed by atoms with van der Waals surface area (Å²) in [7, 11) is 0. The Morgan fingerprint density at radius 2 is 1.10 bits per heavy atom. The van der Waals surface area contributed by atoms with Gasteiger partial charge in [0.15, 0.2) is 6.10 Å². The minimum Gasteiger partial charge on any atom is -0.463 e. The van der Waals surface area contributed by atoms with Crippen LogP contribution in [0.1, 0.15) is 180 Å². The lowest BCUT2D eigenvalue weighted by Gasteiger charge is -2.18. The highest BCUT2D eigenvalue weighted by Crippen LogP contribution is 2.14. The lowest BCUT2D eigenvalue weighted by atomic mass is 10.1. The van der Waals surface area contributed by atoms with Gasteiger partial charge in [0, 0.05) is 25.5 Å². The van der Waals surface area contributed by atoms with Crippen molar-refractivity contribution in [3.8, 4) is 0 Å². The van der Waals surface area contributed by atoms with Crippen LogP contribution in [0.15, 0.2) is 6.20 Å². The highest BCUT2D eigenvalue weighted by molar-refractivity contribution is 5.70. The number of carbonyl (C=O) groups is 3. The van der Waals surface area contributed by atoms with Crippen LogP contribution in [-0.2, 0) is 41.6 Å². The summed E-state index contributed by atoms with van der Waals surface area (Å²) >= 11 is 0. The van der Waals surface area contributed by atoms with E-state index in [9.17, 15) is 14.4 Å². The molecule has 0 bridgehead atoms. The number of ether oxygens (including phenoxy) is 3. The summed E-state index contributed by atoms with van der Waals surface area (Å²) < 4.78 is 17.7. The summed E-state index contributed by atoms with van der Waals surface area (Å²) in [6.45, 7) is 4.39. The van der Waals surface area contributed by atoms with Crippen LogP contribution in [0.3, 0.4) is 0 Å². The van der Waals surface area contributed by atoms with E-state index in [-0.39, 0.29) is 44.7 Å². The largest absolute Gasteiger partial charge is 0.463 e. The van der Waals surface area contributed by atoms with Crippen LogP contribution >= 0.6 is 0 Å². The first-order valence-electron chi connectivity index (χ1n) is 19.5. The molecule has 0 spiro atoms. The van der Waals surface area contributed by atoms with E-state index >= 15 is 0 Å². The molecule has 0 aliphatic rings. The third-order valence-electron chi connectivity index (χ3n) is 8.61. The van der Waals surface area contributed by atoms with Crippen LogP contribution in [0.4, 0.5) is 0 Å². The molecular formula is C38H69N3O7. The summed E-state index contributed by atoms with van der Waals surface area (Å²) in [5, 5.41) is 17.0. The number of aliphatic hydroxyl groups is 1. The maximum Gasteiger partial charge on any atom is 0.306 e. The topological polar surface area (TPSA) is 130 Å². The molecule has 278 valence electrons. The molecule has 0 aromatic carbocycles. The van der Waals surface area contributed by atoms with Crippen molar-refractivity contribution in [2.45, 2.75) is 193 Å². The molecule has 1 heterocycles. The van der Waals surface area contributed by atoms with Crippen LogP contribution in [-0.4, -0.2) is 63.9 Å². The van der Waals surface area contributed by atoms with E-state index in [0.29, 0.717) is 25.0 Å². The lowest BCUT2D eigenvalue weighted by Crippen LogP contribution is -2.30. The van der Waals surface area contributed by atoms with Gasteiger partial charge in [0.25, 0.3) is 0 Å². The van der Waals surface area contributed by atoms with Gasteiger partial charge in [-0.25, -0.2) is 4.68 Å². The number of unbranched alkanes of at least 4 members (excludes halogenated alkanes) is 20. The number of carbonyl (C=O) groups excluding carboxylic acids is 3. The van der Waals surface area contributed by atoms with Crippen LogP contribution in [0.2, 0.25) is 0 Å². The Kier molecular flexibility index (Phi) is 28.8. The van der Waals surface area contributed by atoms with E-state index in [1.165, 1.54) is 103 Å². The fraction of sp³-hybridized carbons (Fsp3) is 0.868. The predicted octanol–water partition coefficient (Wildman–Crippen LogP) is 8.60. The van der Waals surface area contributed by atoms with E-state index in [2.05, 4.69) is 24.2 Å². The van der Waals surface area contributed by atoms with E-state index in [4.69, 9.17) is 19.3 Å². The normalized spacial score (nSPS) is 11.8. The fourth-order valence-electron chi connectivity index (χ4n) is 5.71. The Morgan fingerprint density at radius 3 is 1.60 bits per heavy atom. The van der Waals surface area contributed by atoms with Gasteiger partial charge in [-0.2, -0.15) is 0 Å². The number of hydrogen-bond acceptors (Lipinski definition) is 9. The Balaban J connectivity index is 2.41. The SMILES string of the molecule is CCCCCCCCCCCCCC(=O)OCC(Cn1cc(CCC(=O)OCCO)nn1)OC(=O)CCCCCCCCCCCCC. The number of esters is 3. The third-order valence-corrected chi connectivity index (χ3v) is 8.61. The molecule has 0 radical (unpaired) electrons. The van der Waals surface area contributed by atoms with Crippen molar-refractivity contribution in [2.75, 3.05) is 19.8 Å². The molecule has 10 heteroatoms. The molecule has 0 saturated heterocycles. The van der Waals surface area contributed by atoms with Crippen LogP contribution in [0.25, 0.3) is 0 Å². The van der Waals surface area contributed by atoms with E-state index in [1.54, 1.807) is 10.9 Å². The van der Waals surface area contributed by atoms with Crippen molar-refractivity contribution in [2.24, 2.45) is 0 Å². The van der Waals surface area contributed by atoms with Gasteiger partial charge in [-0.15, -0.1) is 5.10 Å². The zero-order valence-electron chi connectivity index (χ0n) is 30.6. The Hall–Kier alpha value is -2.49. The maximum absolute atomic E-state index is 12.7. The minimum absolute atomic E-state index is 0.0320. The van der Waals surface area contributed by atoms with Gasteiger partial charge in [0.05, 0.1) is 25.3 Å². The molecule has 10 nitrogen and oxygen atoms in total. The number of hydrogen-bond donors (Lipinski definition) is 1. The molecule has 1 unspecified atom stereocenters. The Bertz CT molecular complexity index is 924. The van der Waals surface area contributed by atoms with Crippen molar-refractivity contribution in [3.63, 3.8) is 0 Å². The second-order valence-corrected chi connectivity index (χ2v) is 13.2. The average molecular weight is 680 g/mol. The van der Waals surface area contributed by atoms with E-state index in [0.717, 1.165) is 38.5 Å². The molecule has 0 saturated carbocycles. The Morgan fingerprint density at radius 1 is 0.646 bits per heavy atom. The molecule has 0 aliphatic heterocycles. The Labute approximate surface area is 291 Å². The highest BCUT2D eigenvalue weighted by atomic mass is 16.6. The van der Waals surface area contributed by atoms with Crippen LogP contribution < -0.4 is 0 Å². The second-order valence-electron chi connectivity index (χ2n) is 13.2. The van der Waals surface area contributed by atoms with Crippen molar-refractivity contribution in [3.05, 3.63) is 11.9 Å². The van der Waals surface area contributed by atoms with Crippen molar-refractivity contribution in [1.82, 2.24) is 15.0 Å². The smallest absolute Gasteiger partial charge is 0.306 e. The van der Waals surface area contributed by atoms with Gasteiger partial charge in [-0.1, -0.05) is 147 Å². The van der Waals surface area contributed by atoms with Crippen LogP contribution in [0.5, 0.6) is 0 Å². The first-order chi connectivity index (χ1) is 23.5. The number of aryl methyl sites for hydroxylation is 1. The summed E-state index contributed by atoms with van der Waals surface area (Å²) in [6.07, 6.45) is 28.8. The quantitative estimate of drug-likeness (QED) is 0.0432. The number of aromatic nitrogens is 3.